The number of benzene rings is 2. The van der Waals surface area contributed by atoms with Crippen molar-refractivity contribution in [2.45, 2.75) is 44.7 Å². The van der Waals surface area contributed by atoms with E-state index >= 15 is 0 Å². The van der Waals surface area contributed by atoms with Gasteiger partial charge in [0.2, 0.25) is 0 Å². The summed E-state index contributed by atoms with van der Waals surface area (Å²) >= 11 is 8.22. The van der Waals surface area contributed by atoms with E-state index in [2.05, 4.69) is 16.8 Å². The number of hydrogen-bond donors (Lipinski definition) is 1. The molecule has 2 aromatic heterocycles. The lowest BCUT2D eigenvalue weighted by Gasteiger charge is -2.34. The predicted molar refractivity (Wildman–Crippen MR) is 150 cm³/mol. The van der Waals surface area contributed by atoms with E-state index < -0.39 is 0 Å². The lowest BCUT2D eigenvalue weighted by molar-refractivity contribution is 0.0618. The first-order valence-corrected chi connectivity index (χ1v) is 13.5. The molecule has 1 fully saturated rings. The normalized spacial score (nSPS) is 13.7. The second-order valence-electron chi connectivity index (χ2n) is 8.73. The van der Waals surface area contributed by atoms with E-state index in [4.69, 9.17) is 16.3 Å². The number of rotatable bonds is 6. The minimum atomic E-state index is 0.00877. The molecule has 7 heteroatoms. The molecule has 0 aliphatic heterocycles. The molecule has 1 aliphatic rings. The Bertz CT molecular complexity index is 1300. The van der Waals surface area contributed by atoms with Crippen LogP contribution in [0.1, 0.15) is 47.3 Å². The van der Waals surface area contributed by atoms with Gasteiger partial charge in [-0.1, -0.05) is 55.1 Å². The quantitative estimate of drug-likeness (QED) is 0.292. The molecule has 2 N–H and O–H groups in total. The van der Waals surface area contributed by atoms with Crippen LogP contribution in [-0.2, 0) is 6.54 Å². The van der Waals surface area contributed by atoms with Gasteiger partial charge in [-0.25, -0.2) is 0 Å². The fourth-order valence-corrected chi connectivity index (χ4v) is 6.32. The number of thiophene rings is 1. The lowest BCUT2D eigenvalue weighted by Crippen LogP contribution is -2.40. The number of aromatic nitrogens is 1. The third kappa shape index (κ3) is 5.56. The van der Waals surface area contributed by atoms with Crippen LogP contribution in [0.4, 0.5) is 0 Å². The summed E-state index contributed by atoms with van der Waals surface area (Å²) in [6.45, 7) is 0.482. The molecule has 2 heterocycles. The summed E-state index contributed by atoms with van der Waals surface area (Å²) in [5.74, 6) is 0.795. The minimum absolute atomic E-state index is 0.00877. The highest BCUT2D eigenvalue weighted by Crippen LogP contribution is 2.38. The summed E-state index contributed by atoms with van der Waals surface area (Å²) in [6.07, 6.45) is 9.12. The first-order valence-electron chi connectivity index (χ1n) is 12.3. The SMILES string of the molecule is CN.COc1ccc(-c2ccncc2)cc1CN(C(=O)c1sc2ccccc2c1Cl)C1CCCCC1. The Hall–Kier alpha value is -2.93. The summed E-state index contributed by atoms with van der Waals surface area (Å²) in [5, 5.41) is 1.50. The molecule has 1 saturated carbocycles. The zero-order valence-electron chi connectivity index (χ0n) is 20.7. The van der Waals surface area contributed by atoms with Gasteiger partial charge in [-0.05, 0) is 61.3 Å². The van der Waals surface area contributed by atoms with Crippen LogP contribution in [0.15, 0.2) is 67.0 Å². The summed E-state index contributed by atoms with van der Waals surface area (Å²) in [6, 6.07) is 18.3. The molecule has 0 saturated heterocycles. The van der Waals surface area contributed by atoms with Crippen LogP contribution >= 0.6 is 22.9 Å². The van der Waals surface area contributed by atoms with Gasteiger partial charge in [0.1, 0.15) is 10.6 Å². The summed E-state index contributed by atoms with van der Waals surface area (Å²) < 4.78 is 6.75. The standard InChI is InChI=1S/C28H27ClN2O2S.CH5N/c1-33-24-12-11-20(19-13-15-30-16-14-19)17-21(24)18-31(22-7-3-2-4-8-22)28(32)27-26(29)23-9-5-6-10-25(23)34-27;1-2/h5-6,9-17,22H,2-4,7-8,18H2,1H3;2H2,1H3. The van der Waals surface area contributed by atoms with E-state index in [1.54, 1.807) is 19.5 Å². The molecule has 0 bridgehead atoms. The molecular weight excluding hydrogens is 490 g/mol. The van der Waals surface area contributed by atoms with Crippen LogP contribution in [0.25, 0.3) is 21.2 Å². The molecule has 1 aliphatic carbocycles. The molecule has 0 atom stereocenters. The van der Waals surface area contributed by atoms with Crippen molar-refractivity contribution in [1.29, 1.82) is 0 Å². The minimum Gasteiger partial charge on any atom is -0.496 e. The summed E-state index contributed by atoms with van der Waals surface area (Å²) in [7, 11) is 3.18. The second kappa shape index (κ2) is 12.3. The Morgan fingerprint density at radius 1 is 1.06 bits per heavy atom. The van der Waals surface area contributed by atoms with Gasteiger partial charge in [0.15, 0.2) is 0 Å². The van der Waals surface area contributed by atoms with E-state index in [0.29, 0.717) is 16.4 Å². The van der Waals surface area contributed by atoms with Crippen molar-refractivity contribution in [3.05, 3.63) is 82.5 Å². The highest BCUT2D eigenvalue weighted by atomic mass is 35.5. The van der Waals surface area contributed by atoms with Gasteiger partial charge < -0.3 is 15.4 Å². The van der Waals surface area contributed by atoms with Crippen LogP contribution < -0.4 is 10.5 Å². The zero-order valence-corrected chi connectivity index (χ0v) is 22.3. The fraction of sp³-hybridized carbons (Fsp3) is 0.310. The highest BCUT2D eigenvalue weighted by molar-refractivity contribution is 7.21. The maximum atomic E-state index is 14.0. The molecule has 0 spiro atoms. The molecule has 1 amide bonds. The summed E-state index contributed by atoms with van der Waals surface area (Å²) in [4.78, 5) is 20.8. The van der Waals surface area contributed by atoms with Crippen molar-refractivity contribution in [3.63, 3.8) is 0 Å². The molecule has 0 unspecified atom stereocenters. The Morgan fingerprint density at radius 2 is 1.78 bits per heavy atom. The van der Waals surface area contributed by atoms with Crippen LogP contribution in [0.5, 0.6) is 5.75 Å². The maximum Gasteiger partial charge on any atom is 0.266 e. The average molecular weight is 522 g/mol. The third-order valence-corrected chi connectivity index (χ3v) is 8.30. The Labute approximate surface area is 221 Å². The number of nitrogens with two attached hydrogens (primary N) is 1. The molecule has 5 nitrogen and oxygen atoms in total. The smallest absolute Gasteiger partial charge is 0.266 e. The fourth-order valence-electron chi connectivity index (χ4n) is 4.85. The topological polar surface area (TPSA) is 68.5 Å². The number of amides is 1. The van der Waals surface area contributed by atoms with Crippen LogP contribution in [-0.4, -0.2) is 36.0 Å². The first kappa shape index (κ1) is 26.1. The van der Waals surface area contributed by atoms with Crippen molar-refractivity contribution in [3.8, 4) is 16.9 Å². The largest absolute Gasteiger partial charge is 0.496 e. The number of carbonyl (C=O) groups excluding carboxylic acids is 1. The number of halogens is 1. The number of nitrogens with zero attached hydrogens (tertiary/aromatic N) is 2. The van der Waals surface area contributed by atoms with Gasteiger partial charge in [0.25, 0.3) is 5.91 Å². The number of fused-ring (bicyclic) bond motifs is 1. The van der Waals surface area contributed by atoms with Gasteiger partial charge >= 0.3 is 0 Å². The summed E-state index contributed by atoms with van der Waals surface area (Å²) in [5.41, 5.74) is 7.66. The second-order valence-corrected chi connectivity index (χ2v) is 10.2. The van der Waals surface area contributed by atoms with Gasteiger partial charge in [-0.2, -0.15) is 0 Å². The Balaban J connectivity index is 0.00000148. The molecule has 2 aromatic carbocycles. The number of hydrogen-bond acceptors (Lipinski definition) is 5. The molecular formula is C29H32ClN3O2S. The predicted octanol–water partition coefficient (Wildman–Crippen LogP) is 7.18. The highest BCUT2D eigenvalue weighted by Gasteiger charge is 2.30. The number of pyridine rings is 1. The maximum absolute atomic E-state index is 14.0. The molecule has 4 aromatic rings. The van der Waals surface area contributed by atoms with E-state index in [1.807, 2.05) is 53.4 Å². The lowest BCUT2D eigenvalue weighted by atomic mass is 9.93. The van der Waals surface area contributed by atoms with Crippen molar-refractivity contribution >= 4 is 38.9 Å². The monoisotopic (exact) mass is 521 g/mol. The van der Waals surface area contributed by atoms with Crippen LogP contribution in [0, 0.1) is 0 Å². The Morgan fingerprint density at radius 3 is 2.47 bits per heavy atom. The van der Waals surface area contributed by atoms with Gasteiger partial charge in [0.05, 0.1) is 12.1 Å². The number of ether oxygens (including phenoxy) is 1. The van der Waals surface area contributed by atoms with E-state index in [9.17, 15) is 4.79 Å². The van der Waals surface area contributed by atoms with Crippen LogP contribution in [0.2, 0.25) is 5.02 Å². The Kier molecular flexibility index (Phi) is 8.97. The van der Waals surface area contributed by atoms with Crippen LogP contribution in [0.3, 0.4) is 0 Å². The number of methoxy groups -OCH3 is 1. The third-order valence-electron chi connectivity index (χ3n) is 6.64. The molecule has 36 heavy (non-hydrogen) atoms. The number of carbonyl (C=O) groups is 1. The molecule has 188 valence electrons. The van der Waals surface area contributed by atoms with Crippen molar-refractivity contribution < 1.29 is 9.53 Å². The first-order chi connectivity index (χ1) is 17.7. The van der Waals surface area contributed by atoms with Crippen molar-refractivity contribution in [2.75, 3.05) is 14.2 Å². The van der Waals surface area contributed by atoms with E-state index in [-0.39, 0.29) is 11.9 Å². The van der Waals surface area contributed by atoms with Gasteiger partial charge in [-0.15, -0.1) is 11.3 Å². The van der Waals surface area contributed by atoms with E-state index in [0.717, 1.165) is 58.2 Å². The molecule has 5 rings (SSSR count). The van der Waals surface area contributed by atoms with Gasteiger partial charge in [0, 0.05) is 40.6 Å². The molecule has 0 radical (unpaired) electrons. The zero-order chi connectivity index (χ0) is 25.5. The van der Waals surface area contributed by atoms with E-state index in [1.165, 1.54) is 24.8 Å². The average Bonchev–Trinajstić information content (AvgIpc) is 3.29. The van der Waals surface area contributed by atoms with Gasteiger partial charge in [-0.3, -0.25) is 9.78 Å². The van der Waals surface area contributed by atoms with Crippen molar-refractivity contribution in [1.82, 2.24) is 9.88 Å². The van der Waals surface area contributed by atoms with Crippen molar-refractivity contribution in [2.24, 2.45) is 5.73 Å².